The van der Waals surface area contributed by atoms with Gasteiger partial charge >= 0.3 is 0 Å². The van der Waals surface area contributed by atoms with Crippen LogP contribution in [0.4, 0.5) is 5.82 Å². The zero-order valence-corrected chi connectivity index (χ0v) is 12.8. The number of benzene rings is 1. The first-order valence-electron chi connectivity index (χ1n) is 6.84. The molecule has 0 aliphatic rings. The molecule has 1 N–H and O–H groups in total. The summed E-state index contributed by atoms with van der Waals surface area (Å²) in [6.07, 6.45) is 0. The molecule has 3 nitrogen and oxygen atoms in total. The molecule has 0 saturated carbocycles. The third-order valence-corrected chi connectivity index (χ3v) is 2.77. The number of aryl methyl sites for hydroxylation is 2. The molecule has 106 valence electrons. The van der Waals surface area contributed by atoms with Crippen LogP contribution in [-0.4, -0.2) is 10.5 Å². The van der Waals surface area contributed by atoms with Gasteiger partial charge in [0.2, 0.25) is 5.88 Å². The Bertz CT molecular complexity index is 600. The van der Waals surface area contributed by atoms with Gasteiger partial charge in [-0.3, -0.25) is 0 Å². The minimum Gasteiger partial charge on any atom is -0.439 e. The van der Waals surface area contributed by atoms with E-state index in [1.54, 1.807) is 0 Å². The lowest BCUT2D eigenvalue weighted by atomic mass is 10.1. The molecule has 1 aromatic carbocycles. The number of rotatable bonds is 3. The number of aromatic nitrogens is 1. The van der Waals surface area contributed by atoms with E-state index in [9.17, 15) is 0 Å². The van der Waals surface area contributed by atoms with Crippen molar-refractivity contribution in [1.82, 2.24) is 4.98 Å². The zero-order valence-electron chi connectivity index (χ0n) is 12.8. The Balaban J connectivity index is 2.19. The Kier molecular flexibility index (Phi) is 3.98. The van der Waals surface area contributed by atoms with E-state index in [1.807, 2.05) is 37.3 Å². The summed E-state index contributed by atoms with van der Waals surface area (Å²) >= 11 is 0. The molecule has 0 fully saturated rings. The highest BCUT2D eigenvalue weighted by molar-refractivity contribution is 5.42. The highest BCUT2D eigenvalue weighted by Gasteiger charge is 2.11. The molecule has 1 aromatic heterocycles. The van der Waals surface area contributed by atoms with Gasteiger partial charge in [-0.2, -0.15) is 4.98 Å². The standard InChI is InChI=1S/C17H22N2O/c1-12-9-10-14(13(2)11-12)20-16-8-6-7-15(18-16)19-17(3,4)5/h6-11H,1-5H3,(H,18,19). The van der Waals surface area contributed by atoms with Gasteiger partial charge in [0.1, 0.15) is 11.6 Å². The lowest BCUT2D eigenvalue weighted by Crippen LogP contribution is -2.26. The second-order valence-electron chi connectivity index (χ2n) is 6.11. The van der Waals surface area contributed by atoms with E-state index in [-0.39, 0.29) is 5.54 Å². The first-order chi connectivity index (χ1) is 9.33. The van der Waals surface area contributed by atoms with Crippen molar-refractivity contribution in [2.24, 2.45) is 0 Å². The van der Waals surface area contributed by atoms with Crippen LogP contribution in [0, 0.1) is 13.8 Å². The quantitative estimate of drug-likeness (QED) is 0.877. The molecular weight excluding hydrogens is 248 g/mol. The Morgan fingerprint density at radius 3 is 2.45 bits per heavy atom. The van der Waals surface area contributed by atoms with Crippen molar-refractivity contribution in [2.45, 2.75) is 40.2 Å². The smallest absolute Gasteiger partial charge is 0.221 e. The van der Waals surface area contributed by atoms with Crippen molar-refractivity contribution < 1.29 is 4.74 Å². The van der Waals surface area contributed by atoms with Crippen molar-refractivity contribution in [2.75, 3.05) is 5.32 Å². The van der Waals surface area contributed by atoms with Crippen LogP contribution in [0.1, 0.15) is 31.9 Å². The fourth-order valence-corrected chi connectivity index (χ4v) is 1.95. The van der Waals surface area contributed by atoms with Gasteiger partial charge in [-0.25, -0.2) is 0 Å². The molecule has 1 heterocycles. The van der Waals surface area contributed by atoms with E-state index in [1.165, 1.54) is 5.56 Å². The van der Waals surface area contributed by atoms with Crippen LogP contribution >= 0.6 is 0 Å². The summed E-state index contributed by atoms with van der Waals surface area (Å²) in [5.74, 6) is 2.27. The first-order valence-corrected chi connectivity index (χ1v) is 6.84. The van der Waals surface area contributed by atoms with Gasteiger partial charge in [-0.15, -0.1) is 0 Å². The van der Waals surface area contributed by atoms with Crippen LogP contribution < -0.4 is 10.1 Å². The minimum absolute atomic E-state index is 0.0224. The zero-order chi connectivity index (χ0) is 14.8. The summed E-state index contributed by atoms with van der Waals surface area (Å²) in [5.41, 5.74) is 2.32. The van der Waals surface area contributed by atoms with Crippen molar-refractivity contribution in [3.05, 3.63) is 47.5 Å². The van der Waals surface area contributed by atoms with Gasteiger partial charge in [-0.05, 0) is 52.3 Å². The normalized spacial score (nSPS) is 11.2. The largest absolute Gasteiger partial charge is 0.439 e. The Morgan fingerprint density at radius 2 is 1.80 bits per heavy atom. The predicted molar refractivity (Wildman–Crippen MR) is 83.6 cm³/mol. The average Bonchev–Trinajstić information content (AvgIpc) is 2.31. The van der Waals surface area contributed by atoms with Gasteiger partial charge in [0.15, 0.2) is 0 Å². The molecule has 0 aliphatic carbocycles. The van der Waals surface area contributed by atoms with Crippen LogP contribution in [0.2, 0.25) is 0 Å². The number of hydrogen-bond acceptors (Lipinski definition) is 3. The van der Waals surface area contributed by atoms with E-state index >= 15 is 0 Å². The molecule has 0 aliphatic heterocycles. The van der Waals surface area contributed by atoms with Gasteiger partial charge in [0.05, 0.1) is 0 Å². The maximum absolute atomic E-state index is 5.87. The van der Waals surface area contributed by atoms with Gasteiger partial charge in [0, 0.05) is 11.6 Å². The van der Waals surface area contributed by atoms with Crippen LogP contribution in [0.3, 0.4) is 0 Å². The van der Waals surface area contributed by atoms with Crippen molar-refractivity contribution >= 4 is 5.82 Å². The predicted octanol–water partition coefficient (Wildman–Crippen LogP) is 4.70. The molecule has 20 heavy (non-hydrogen) atoms. The summed E-state index contributed by atoms with van der Waals surface area (Å²) in [4.78, 5) is 4.48. The van der Waals surface area contributed by atoms with E-state index in [0.29, 0.717) is 5.88 Å². The molecule has 0 atom stereocenters. The summed E-state index contributed by atoms with van der Waals surface area (Å²) in [6, 6.07) is 11.9. The third-order valence-electron chi connectivity index (χ3n) is 2.77. The van der Waals surface area contributed by atoms with Crippen molar-refractivity contribution in [3.63, 3.8) is 0 Å². The number of hydrogen-bond donors (Lipinski definition) is 1. The highest BCUT2D eigenvalue weighted by Crippen LogP contribution is 2.25. The average molecular weight is 270 g/mol. The fraction of sp³-hybridized carbons (Fsp3) is 0.353. The fourth-order valence-electron chi connectivity index (χ4n) is 1.95. The summed E-state index contributed by atoms with van der Waals surface area (Å²) in [7, 11) is 0. The molecule has 0 bridgehead atoms. The monoisotopic (exact) mass is 270 g/mol. The highest BCUT2D eigenvalue weighted by atomic mass is 16.5. The van der Waals surface area contributed by atoms with Crippen LogP contribution in [0.25, 0.3) is 0 Å². The van der Waals surface area contributed by atoms with Crippen LogP contribution in [-0.2, 0) is 0 Å². The second kappa shape index (κ2) is 5.53. The van der Waals surface area contributed by atoms with E-state index in [2.05, 4.69) is 44.1 Å². The summed E-state index contributed by atoms with van der Waals surface area (Å²) in [5, 5.41) is 3.34. The summed E-state index contributed by atoms with van der Waals surface area (Å²) < 4.78 is 5.87. The number of nitrogens with zero attached hydrogens (tertiary/aromatic N) is 1. The van der Waals surface area contributed by atoms with E-state index < -0.39 is 0 Å². The number of pyridine rings is 1. The maximum Gasteiger partial charge on any atom is 0.221 e. The lowest BCUT2D eigenvalue weighted by molar-refractivity contribution is 0.459. The van der Waals surface area contributed by atoms with Gasteiger partial charge in [0.25, 0.3) is 0 Å². The lowest BCUT2D eigenvalue weighted by Gasteiger charge is -2.21. The number of ether oxygens (including phenoxy) is 1. The topological polar surface area (TPSA) is 34.1 Å². The molecule has 0 saturated heterocycles. The van der Waals surface area contributed by atoms with E-state index in [4.69, 9.17) is 4.74 Å². The Hall–Kier alpha value is -2.03. The third kappa shape index (κ3) is 3.98. The Morgan fingerprint density at radius 1 is 1.05 bits per heavy atom. The molecule has 2 rings (SSSR count). The molecule has 0 unspecified atom stereocenters. The van der Waals surface area contributed by atoms with Gasteiger partial charge < -0.3 is 10.1 Å². The van der Waals surface area contributed by atoms with Crippen molar-refractivity contribution in [1.29, 1.82) is 0 Å². The maximum atomic E-state index is 5.87. The molecular formula is C17H22N2O. The summed E-state index contributed by atoms with van der Waals surface area (Å²) in [6.45, 7) is 10.4. The number of anilines is 1. The second-order valence-corrected chi connectivity index (χ2v) is 6.11. The van der Waals surface area contributed by atoms with Crippen molar-refractivity contribution in [3.8, 4) is 11.6 Å². The first kappa shape index (κ1) is 14.4. The van der Waals surface area contributed by atoms with Crippen LogP contribution in [0.5, 0.6) is 11.6 Å². The molecule has 2 aromatic rings. The minimum atomic E-state index is -0.0224. The van der Waals surface area contributed by atoms with Gasteiger partial charge in [-0.1, -0.05) is 23.8 Å². The SMILES string of the molecule is Cc1ccc(Oc2cccc(NC(C)(C)C)n2)c(C)c1. The molecule has 0 spiro atoms. The van der Waals surface area contributed by atoms with E-state index in [0.717, 1.165) is 17.1 Å². The number of nitrogens with one attached hydrogen (secondary N) is 1. The molecule has 3 heteroatoms. The van der Waals surface area contributed by atoms with Crippen LogP contribution in [0.15, 0.2) is 36.4 Å². The Labute approximate surface area is 121 Å². The molecule has 0 amide bonds. The molecule has 0 radical (unpaired) electrons.